The van der Waals surface area contributed by atoms with Crippen molar-refractivity contribution >= 4 is 17.5 Å². The summed E-state index contributed by atoms with van der Waals surface area (Å²) < 4.78 is 1.75. The minimum Gasteiger partial charge on any atom is -0.331 e. The molecule has 0 spiro atoms. The summed E-state index contributed by atoms with van der Waals surface area (Å²) in [6.07, 6.45) is 13.7. The molecule has 128 valence electrons. The predicted octanol–water partition coefficient (Wildman–Crippen LogP) is 4.66. The number of carbonyl (C=O) groups is 1. The number of nitrogens with zero attached hydrogens (tertiary/aromatic N) is 3. The third-order valence-corrected chi connectivity index (χ3v) is 5.74. The Bertz CT molecular complexity index is 512. The highest BCUT2D eigenvalue weighted by Gasteiger charge is 2.35. The molecule has 2 aliphatic rings. The Labute approximate surface area is 144 Å². The first-order chi connectivity index (χ1) is 11.2. The van der Waals surface area contributed by atoms with E-state index in [0.29, 0.717) is 29.3 Å². The van der Waals surface area contributed by atoms with Gasteiger partial charge in [0, 0.05) is 18.6 Å². The molecule has 0 radical (unpaired) electrons. The highest BCUT2D eigenvalue weighted by molar-refractivity contribution is 6.33. The molecule has 0 unspecified atom stereocenters. The second-order valence-corrected chi connectivity index (χ2v) is 7.36. The fraction of sp³-hybridized carbons (Fsp3) is 0.778. The van der Waals surface area contributed by atoms with Gasteiger partial charge in [-0.15, -0.1) is 0 Å². The van der Waals surface area contributed by atoms with E-state index in [4.69, 9.17) is 11.6 Å². The quantitative estimate of drug-likeness (QED) is 0.801. The largest absolute Gasteiger partial charge is 0.331 e. The number of hydrogen-bond acceptors (Lipinski definition) is 2. The van der Waals surface area contributed by atoms with Crippen LogP contribution in [0.2, 0.25) is 5.02 Å². The molecule has 4 nitrogen and oxygen atoms in total. The van der Waals surface area contributed by atoms with Gasteiger partial charge in [0.25, 0.3) is 5.91 Å². The highest BCUT2D eigenvalue weighted by atomic mass is 35.5. The second-order valence-electron chi connectivity index (χ2n) is 6.95. The third kappa shape index (κ3) is 3.57. The van der Waals surface area contributed by atoms with Crippen molar-refractivity contribution in [3.05, 3.63) is 16.9 Å². The summed E-state index contributed by atoms with van der Waals surface area (Å²) in [7, 11) is 0. The van der Waals surface area contributed by atoms with Gasteiger partial charge in [-0.2, -0.15) is 5.10 Å². The van der Waals surface area contributed by atoms with Crippen LogP contribution < -0.4 is 0 Å². The molecule has 23 heavy (non-hydrogen) atoms. The fourth-order valence-electron chi connectivity index (χ4n) is 4.29. The molecule has 1 aromatic heterocycles. The van der Waals surface area contributed by atoms with Crippen molar-refractivity contribution in [2.45, 2.75) is 89.8 Å². The molecule has 0 N–H and O–H groups in total. The lowest BCUT2D eigenvalue weighted by atomic mass is 9.88. The van der Waals surface area contributed by atoms with Gasteiger partial charge >= 0.3 is 0 Å². The van der Waals surface area contributed by atoms with Crippen LogP contribution in [0, 0.1) is 0 Å². The summed E-state index contributed by atoms with van der Waals surface area (Å²) in [5.74, 6) is 0.105. The molecule has 0 aromatic carbocycles. The van der Waals surface area contributed by atoms with E-state index in [2.05, 4.69) is 10.00 Å². The number of aryl methyl sites for hydroxylation is 1. The third-order valence-electron chi connectivity index (χ3n) is 5.47. The number of hydrogen-bond donors (Lipinski definition) is 0. The summed E-state index contributed by atoms with van der Waals surface area (Å²) in [6, 6.07) is 0.770. The summed E-state index contributed by atoms with van der Waals surface area (Å²) in [5.41, 5.74) is 0.588. The van der Waals surface area contributed by atoms with Crippen LogP contribution in [0.4, 0.5) is 0 Å². The van der Waals surface area contributed by atoms with Crippen LogP contribution in [-0.4, -0.2) is 32.7 Å². The Balaban J connectivity index is 1.89. The van der Waals surface area contributed by atoms with Gasteiger partial charge in [-0.1, -0.05) is 50.1 Å². The van der Waals surface area contributed by atoms with Crippen LogP contribution >= 0.6 is 11.6 Å². The first kappa shape index (κ1) is 16.8. The van der Waals surface area contributed by atoms with E-state index >= 15 is 0 Å². The van der Waals surface area contributed by atoms with E-state index in [1.165, 1.54) is 38.5 Å². The normalized spacial score (nSPS) is 20.6. The van der Waals surface area contributed by atoms with Crippen LogP contribution in [0.3, 0.4) is 0 Å². The summed E-state index contributed by atoms with van der Waals surface area (Å²) >= 11 is 6.31. The molecule has 1 aromatic rings. The average Bonchev–Trinajstić information content (AvgIpc) is 2.98. The highest BCUT2D eigenvalue weighted by Crippen LogP contribution is 2.32. The van der Waals surface area contributed by atoms with E-state index < -0.39 is 0 Å². The molecule has 1 amide bonds. The zero-order valence-corrected chi connectivity index (χ0v) is 14.9. The van der Waals surface area contributed by atoms with Crippen LogP contribution in [0.25, 0.3) is 0 Å². The Kier molecular flexibility index (Phi) is 5.62. The molecule has 0 atom stereocenters. The standard InChI is InChI=1S/C18H28ClN3O/c1-2-21-17(16(19)13-20-21)18(23)22(14-9-5-3-6-10-14)15-11-7-4-8-12-15/h13-15H,2-12H2,1H3. The lowest BCUT2D eigenvalue weighted by Crippen LogP contribution is -2.49. The molecule has 0 bridgehead atoms. The Morgan fingerprint density at radius 2 is 1.65 bits per heavy atom. The predicted molar refractivity (Wildman–Crippen MR) is 92.8 cm³/mol. The topological polar surface area (TPSA) is 38.1 Å². The van der Waals surface area contributed by atoms with Gasteiger partial charge in [0.2, 0.25) is 0 Å². The van der Waals surface area contributed by atoms with Gasteiger partial charge < -0.3 is 4.90 Å². The monoisotopic (exact) mass is 337 g/mol. The van der Waals surface area contributed by atoms with Crippen molar-refractivity contribution in [2.24, 2.45) is 0 Å². The summed E-state index contributed by atoms with van der Waals surface area (Å²) in [6.45, 7) is 2.68. The maximum Gasteiger partial charge on any atom is 0.274 e. The lowest BCUT2D eigenvalue weighted by molar-refractivity contribution is 0.0436. The number of rotatable bonds is 4. The Morgan fingerprint density at radius 1 is 1.13 bits per heavy atom. The molecule has 1 heterocycles. The molecule has 0 aliphatic heterocycles. The molecule has 2 aliphatic carbocycles. The van der Waals surface area contributed by atoms with Crippen molar-refractivity contribution in [1.29, 1.82) is 0 Å². The van der Waals surface area contributed by atoms with Gasteiger partial charge in [-0.05, 0) is 32.6 Å². The molecular formula is C18H28ClN3O. The summed E-state index contributed by atoms with van der Waals surface area (Å²) in [4.78, 5) is 15.6. The van der Waals surface area contributed by atoms with Gasteiger partial charge in [-0.25, -0.2) is 0 Å². The van der Waals surface area contributed by atoms with Crippen LogP contribution in [0.15, 0.2) is 6.20 Å². The van der Waals surface area contributed by atoms with Crippen molar-refractivity contribution < 1.29 is 4.79 Å². The van der Waals surface area contributed by atoms with Crippen molar-refractivity contribution in [2.75, 3.05) is 0 Å². The zero-order valence-electron chi connectivity index (χ0n) is 14.1. The van der Waals surface area contributed by atoms with E-state index in [1.807, 2.05) is 6.92 Å². The molecule has 2 saturated carbocycles. The van der Waals surface area contributed by atoms with E-state index in [9.17, 15) is 4.79 Å². The number of halogens is 1. The van der Waals surface area contributed by atoms with Crippen LogP contribution in [-0.2, 0) is 6.54 Å². The maximum atomic E-state index is 13.4. The number of amides is 1. The summed E-state index contributed by atoms with van der Waals surface area (Å²) in [5, 5.41) is 4.76. The molecule has 5 heteroatoms. The molecule has 2 fully saturated rings. The minimum atomic E-state index is 0.105. The Hall–Kier alpha value is -1.03. The molecular weight excluding hydrogens is 310 g/mol. The van der Waals surface area contributed by atoms with Gasteiger partial charge in [-0.3, -0.25) is 9.48 Å². The van der Waals surface area contributed by atoms with Gasteiger partial charge in [0.1, 0.15) is 5.69 Å². The van der Waals surface area contributed by atoms with E-state index in [-0.39, 0.29) is 5.91 Å². The first-order valence-corrected chi connectivity index (χ1v) is 9.64. The molecule has 3 rings (SSSR count). The second kappa shape index (κ2) is 7.69. The SMILES string of the molecule is CCn1ncc(Cl)c1C(=O)N(C1CCCCC1)C1CCCCC1. The van der Waals surface area contributed by atoms with Crippen LogP contribution in [0.1, 0.15) is 81.6 Å². The van der Waals surface area contributed by atoms with Crippen molar-refractivity contribution in [1.82, 2.24) is 14.7 Å². The van der Waals surface area contributed by atoms with Crippen molar-refractivity contribution in [3.8, 4) is 0 Å². The van der Waals surface area contributed by atoms with Gasteiger partial charge in [0.15, 0.2) is 0 Å². The smallest absolute Gasteiger partial charge is 0.274 e. The number of aromatic nitrogens is 2. The lowest BCUT2D eigenvalue weighted by Gasteiger charge is -2.41. The van der Waals surface area contributed by atoms with E-state index in [0.717, 1.165) is 25.7 Å². The first-order valence-electron chi connectivity index (χ1n) is 9.26. The van der Waals surface area contributed by atoms with Gasteiger partial charge in [0.05, 0.1) is 11.2 Å². The Morgan fingerprint density at radius 3 is 2.13 bits per heavy atom. The fourth-order valence-corrected chi connectivity index (χ4v) is 4.51. The van der Waals surface area contributed by atoms with Crippen molar-refractivity contribution in [3.63, 3.8) is 0 Å². The maximum absolute atomic E-state index is 13.4. The minimum absolute atomic E-state index is 0.105. The van der Waals surface area contributed by atoms with Crippen LogP contribution in [0.5, 0.6) is 0 Å². The average molecular weight is 338 g/mol. The molecule has 0 saturated heterocycles. The number of carbonyl (C=O) groups excluding carboxylic acids is 1. The van der Waals surface area contributed by atoms with E-state index in [1.54, 1.807) is 10.9 Å². The zero-order chi connectivity index (χ0) is 16.2.